The molecule has 0 saturated carbocycles. The zero-order valence-electron chi connectivity index (χ0n) is 20.3. The molecule has 0 atom stereocenters. The van der Waals surface area contributed by atoms with Crippen LogP contribution in [0.4, 0.5) is 5.69 Å². The van der Waals surface area contributed by atoms with Crippen LogP contribution in [0, 0.1) is 27.7 Å². The third-order valence-electron chi connectivity index (χ3n) is 5.45. The van der Waals surface area contributed by atoms with E-state index in [0.717, 1.165) is 34.6 Å². The number of amides is 1. The summed E-state index contributed by atoms with van der Waals surface area (Å²) in [7, 11) is 1.94. The van der Waals surface area contributed by atoms with E-state index in [-0.39, 0.29) is 5.91 Å². The lowest BCUT2D eigenvalue weighted by molar-refractivity contribution is 0.0976. The lowest BCUT2D eigenvalue weighted by atomic mass is 10.1. The summed E-state index contributed by atoms with van der Waals surface area (Å²) in [6.07, 6.45) is 0.725. The minimum Gasteiger partial charge on any atom is -0.492 e. The molecule has 2 aromatic carbocycles. The number of aliphatic imine (C=N–C) groups is 1. The quantitative estimate of drug-likeness (QED) is 0.413. The maximum absolute atomic E-state index is 13.0. The second kappa shape index (κ2) is 10.8. The number of carbonyl (C=O) groups is 1. The molecular formula is C26H33N5O2. The predicted molar refractivity (Wildman–Crippen MR) is 133 cm³/mol. The Hall–Kier alpha value is -3.61. The number of para-hydroxylation sites is 2. The van der Waals surface area contributed by atoms with Gasteiger partial charge in [0.05, 0.1) is 18.0 Å². The summed E-state index contributed by atoms with van der Waals surface area (Å²) >= 11 is 0. The van der Waals surface area contributed by atoms with Gasteiger partial charge in [0.2, 0.25) is 5.96 Å². The van der Waals surface area contributed by atoms with Crippen molar-refractivity contribution in [3.05, 3.63) is 76.1 Å². The zero-order valence-corrected chi connectivity index (χ0v) is 20.3. The van der Waals surface area contributed by atoms with Gasteiger partial charge in [-0.15, -0.1) is 0 Å². The summed E-state index contributed by atoms with van der Waals surface area (Å²) in [5, 5.41) is 10.7. The number of anilines is 1. The molecule has 3 rings (SSSR count). The Kier molecular flexibility index (Phi) is 7.87. The number of hydrogen-bond acceptors (Lipinski definition) is 4. The van der Waals surface area contributed by atoms with Crippen molar-refractivity contribution in [1.29, 1.82) is 0 Å². The average Bonchev–Trinajstić information content (AvgIpc) is 3.00. The summed E-state index contributed by atoms with van der Waals surface area (Å²) in [6.45, 7) is 11.0. The van der Waals surface area contributed by atoms with Crippen molar-refractivity contribution in [3.8, 4) is 5.75 Å². The van der Waals surface area contributed by atoms with Gasteiger partial charge < -0.3 is 10.1 Å². The standard InChI is InChI=1S/C26H33N5O2/c1-7-33-24-11-9-8-10-23(24)28-26(27-13-12-22-19(4)30-31(6)20(22)5)29-25(32)21-15-17(2)14-18(3)16-21/h8-11,14-16H,7,12-13H2,1-6H3,(H2,27,28,29,32). The number of hydrogen-bond donors (Lipinski definition) is 2. The topological polar surface area (TPSA) is 80.5 Å². The van der Waals surface area contributed by atoms with Crippen LogP contribution in [0.2, 0.25) is 0 Å². The Morgan fingerprint density at radius 1 is 1.09 bits per heavy atom. The maximum Gasteiger partial charge on any atom is 0.257 e. The summed E-state index contributed by atoms with van der Waals surface area (Å²) in [5.41, 5.74) is 6.72. The molecule has 1 heterocycles. The fourth-order valence-corrected chi connectivity index (χ4v) is 3.83. The number of ether oxygens (including phenoxy) is 1. The largest absolute Gasteiger partial charge is 0.492 e. The van der Waals surface area contributed by atoms with Gasteiger partial charge >= 0.3 is 0 Å². The molecule has 7 nitrogen and oxygen atoms in total. The first-order valence-electron chi connectivity index (χ1n) is 11.2. The Morgan fingerprint density at radius 2 is 1.79 bits per heavy atom. The number of guanidine groups is 1. The Morgan fingerprint density at radius 3 is 2.42 bits per heavy atom. The molecule has 3 aromatic rings. The number of benzene rings is 2. The summed E-state index contributed by atoms with van der Waals surface area (Å²) < 4.78 is 7.61. The second-order valence-corrected chi connectivity index (χ2v) is 8.14. The number of nitrogens with one attached hydrogen (secondary N) is 2. The van der Waals surface area contributed by atoms with E-state index in [1.54, 1.807) is 0 Å². The zero-order chi connectivity index (χ0) is 24.0. The summed E-state index contributed by atoms with van der Waals surface area (Å²) in [6, 6.07) is 13.4. The molecule has 0 spiro atoms. The normalized spacial score (nSPS) is 11.4. The van der Waals surface area contributed by atoms with E-state index in [1.165, 1.54) is 5.56 Å². The highest BCUT2D eigenvalue weighted by atomic mass is 16.5. The fourth-order valence-electron chi connectivity index (χ4n) is 3.83. The highest BCUT2D eigenvalue weighted by Crippen LogP contribution is 2.23. The van der Waals surface area contributed by atoms with Gasteiger partial charge in [-0.3, -0.25) is 19.8 Å². The molecular weight excluding hydrogens is 414 g/mol. The number of nitrogens with zero attached hydrogens (tertiary/aromatic N) is 3. The van der Waals surface area contributed by atoms with Crippen molar-refractivity contribution in [1.82, 2.24) is 15.1 Å². The predicted octanol–water partition coefficient (Wildman–Crippen LogP) is 4.49. The number of aromatic nitrogens is 2. The highest BCUT2D eigenvalue weighted by molar-refractivity contribution is 6.10. The van der Waals surface area contributed by atoms with Crippen LogP contribution in [-0.4, -0.2) is 34.8 Å². The van der Waals surface area contributed by atoms with E-state index in [4.69, 9.17) is 9.73 Å². The van der Waals surface area contributed by atoms with Crippen molar-refractivity contribution in [2.24, 2.45) is 12.0 Å². The maximum atomic E-state index is 13.0. The highest BCUT2D eigenvalue weighted by Gasteiger charge is 2.13. The van der Waals surface area contributed by atoms with Gasteiger partial charge in [-0.1, -0.05) is 29.3 Å². The van der Waals surface area contributed by atoms with Crippen molar-refractivity contribution in [2.75, 3.05) is 18.5 Å². The summed E-state index contributed by atoms with van der Waals surface area (Å²) in [4.78, 5) is 17.7. The van der Waals surface area contributed by atoms with Crippen molar-refractivity contribution >= 4 is 17.6 Å². The van der Waals surface area contributed by atoms with Gasteiger partial charge in [0.1, 0.15) is 5.75 Å². The third-order valence-corrected chi connectivity index (χ3v) is 5.45. The van der Waals surface area contributed by atoms with Crippen LogP contribution in [0.25, 0.3) is 0 Å². The van der Waals surface area contributed by atoms with Gasteiger partial charge in [-0.05, 0) is 70.9 Å². The molecule has 1 amide bonds. The molecule has 0 fully saturated rings. The summed E-state index contributed by atoms with van der Waals surface area (Å²) in [5.74, 6) is 0.869. The van der Waals surface area contributed by atoms with Gasteiger partial charge in [0, 0.05) is 24.8 Å². The first kappa shape index (κ1) is 24.0. The fraction of sp³-hybridized carbons (Fsp3) is 0.346. The van der Waals surface area contributed by atoms with Gasteiger partial charge in [0.25, 0.3) is 5.91 Å². The van der Waals surface area contributed by atoms with E-state index >= 15 is 0 Å². The monoisotopic (exact) mass is 447 g/mol. The molecule has 0 saturated heterocycles. The molecule has 0 radical (unpaired) electrons. The van der Waals surface area contributed by atoms with Crippen LogP contribution in [0.5, 0.6) is 5.75 Å². The second-order valence-electron chi connectivity index (χ2n) is 8.14. The SMILES string of the molecule is CCOc1ccccc1NC(=NCCc1c(C)nn(C)c1C)NC(=O)c1cc(C)cc(C)c1. The third kappa shape index (κ3) is 6.22. The molecule has 174 valence electrons. The van der Waals surface area contributed by atoms with Crippen LogP contribution >= 0.6 is 0 Å². The van der Waals surface area contributed by atoms with E-state index < -0.39 is 0 Å². The number of rotatable bonds is 7. The minimum atomic E-state index is -0.212. The minimum absolute atomic E-state index is 0.212. The Bertz CT molecular complexity index is 1140. The smallest absolute Gasteiger partial charge is 0.257 e. The molecule has 1 aromatic heterocycles. The van der Waals surface area contributed by atoms with Gasteiger partial charge in [-0.25, -0.2) is 0 Å². The van der Waals surface area contributed by atoms with Crippen molar-refractivity contribution < 1.29 is 9.53 Å². The first-order valence-corrected chi connectivity index (χ1v) is 11.2. The van der Waals surface area contributed by atoms with E-state index in [9.17, 15) is 4.79 Å². The van der Waals surface area contributed by atoms with E-state index in [2.05, 4.69) is 22.7 Å². The van der Waals surface area contributed by atoms with Gasteiger partial charge in [-0.2, -0.15) is 5.10 Å². The molecule has 0 unspecified atom stereocenters. The molecule has 2 N–H and O–H groups in total. The Balaban J connectivity index is 1.85. The first-order chi connectivity index (χ1) is 15.8. The van der Waals surface area contributed by atoms with Crippen LogP contribution in [0.15, 0.2) is 47.5 Å². The molecule has 0 aliphatic heterocycles. The van der Waals surface area contributed by atoms with E-state index in [1.807, 2.05) is 81.9 Å². The van der Waals surface area contributed by atoms with Crippen molar-refractivity contribution in [2.45, 2.75) is 41.0 Å². The van der Waals surface area contributed by atoms with Crippen LogP contribution in [-0.2, 0) is 13.5 Å². The lowest BCUT2D eigenvalue weighted by Crippen LogP contribution is -2.36. The number of aryl methyl sites for hydroxylation is 4. The van der Waals surface area contributed by atoms with Crippen LogP contribution < -0.4 is 15.4 Å². The molecule has 0 aliphatic carbocycles. The molecule has 7 heteroatoms. The van der Waals surface area contributed by atoms with Gasteiger partial charge in [0.15, 0.2) is 0 Å². The van der Waals surface area contributed by atoms with Crippen molar-refractivity contribution in [3.63, 3.8) is 0 Å². The Labute approximate surface area is 195 Å². The molecule has 0 aliphatic rings. The van der Waals surface area contributed by atoms with Crippen LogP contribution in [0.1, 0.15) is 45.4 Å². The van der Waals surface area contributed by atoms with E-state index in [0.29, 0.717) is 30.4 Å². The molecule has 0 bridgehead atoms. The average molecular weight is 448 g/mol. The molecule has 33 heavy (non-hydrogen) atoms. The number of carbonyl (C=O) groups excluding carboxylic acids is 1. The van der Waals surface area contributed by atoms with Crippen LogP contribution in [0.3, 0.4) is 0 Å². The lowest BCUT2D eigenvalue weighted by Gasteiger charge is -2.15.